The monoisotopic (exact) mass is 421 g/mol. The van der Waals surface area contributed by atoms with Gasteiger partial charge in [0.05, 0.1) is 9.77 Å². The SMILES string of the molecule is CC(C)NS(=O)(=O)c1ccc(NC(=O)C2CCCN2C(=O)c2cccs2)cc1. The van der Waals surface area contributed by atoms with Crippen molar-refractivity contribution in [1.82, 2.24) is 9.62 Å². The van der Waals surface area contributed by atoms with Crippen LogP contribution in [0.5, 0.6) is 0 Å². The Balaban J connectivity index is 1.68. The van der Waals surface area contributed by atoms with Gasteiger partial charge in [-0.2, -0.15) is 0 Å². The Hall–Kier alpha value is -2.23. The second kappa shape index (κ2) is 8.42. The summed E-state index contributed by atoms with van der Waals surface area (Å²) in [5.74, 6) is -0.396. The smallest absolute Gasteiger partial charge is 0.264 e. The minimum atomic E-state index is -3.58. The molecule has 1 saturated heterocycles. The predicted molar refractivity (Wildman–Crippen MR) is 109 cm³/mol. The molecule has 2 aromatic rings. The van der Waals surface area contributed by atoms with Crippen molar-refractivity contribution in [2.45, 2.75) is 43.7 Å². The van der Waals surface area contributed by atoms with E-state index in [2.05, 4.69) is 10.0 Å². The van der Waals surface area contributed by atoms with E-state index in [4.69, 9.17) is 0 Å². The molecule has 1 aliphatic rings. The van der Waals surface area contributed by atoms with Crippen molar-refractivity contribution in [3.05, 3.63) is 46.7 Å². The van der Waals surface area contributed by atoms with E-state index in [1.165, 1.54) is 23.5 Å². The number of thiophene rings is 1. The number of amides is 2. The van der Waals surface area contributed by atoms with Crippen LogP contribution in [0.3, 0.4) is 0 Å². The van der Waals surface area contributed by atoms with Gasteiger partial charge in [0, 0.05) is 18.3 Å². The minimum Gasteiger partial charge on any atom is -0.326 e. The standard InChI is InChI=1S/C19H23N3O4S2/c1-13(2)21-28(25,26)15-9-7-14(8-10-15)20-18(23)16-5-3-11-22(16)19(24)17-6-4-12-27-17/h4,6-10,12-13,16,21H,3,5,11H2,1-2H3,(H,20,23). The molecule has 0 radical (unpaired) electrons. The first kappa shape index (κ1) is 20.5. The van der Waals surface area contributed by atoms with Crippen molar-refractivity contribution in [2.75, 3.05) is 11.9 Å². The molecule has 0 bridgehead atoms. The summed E-state index contributed by atoms with van der Waals surface area (Å²) in [6.45, 7) is 4.04. The second-order valence-corrected chi connectivity index (χ2v) is 9.59. The molecule has 1 aromatic heterocycles. The highest BCUT2D eigenvalue weighted by molar-refractivity contribution is 7.89. The van der Waals surface area contributed by atoms with Crippen molar-refractivity contribution < 1.29 is 18.0 Å². The zero-order valence-corrected chi connectivity index (χ0v) is 17.3. The number of rotatable bonds is 6. The molecule has 3 rings (SSSR count). The van der Waals surface area contributed by atoms with Gasteiger partial charge in [-0.25, -0.2) is 13.1 Å². The normalized spacial score (nSPS) is 17.1. The summed E-state index contributed by atoms with van der Waals surface area (Å²) in [6, 6.07) is 8.82. The van der Waals surface area contributed by atoms with Crippen LogP contribution >= 0.6 is 11.3 Å². The van der Waals surface area contributed by atoms with Crippen LogP contribution in [0.1, 0.15) is 36.4 Å². The lowest BCUT2D eigenvalue weighted by molar-refractivity contribution is -0.119. The van der Waals surface area contributed by atoms with Crippen LogP contribution < -0.4 is 10.0 Å². The number of carbonyl (C=O) groups excluding carboxylic acids is 2. The molecule has 2 amide bonds. The van der Waals surface area contributed by atoms with Gasteiger partial charge < -0.3 is 10.2 Å². The maximum atomic E-state index is 12.7. The van der Waals surface area contributed by atoms with E-state index in [9.17, 15) is 18.0 Å². The number of hydrogen-bond acceptors (Lipinski definition) is 5. The lowest BCUT2D eigenvalue weighted by Crippen LogP contribution is -2.42. The van der Waals surface area contributed by atoms with Gasteiger partial charge in [0.15, 0.2) is 0 Å². The zero-order valence-electron chi connectivity index (χ0n) is 15.7. The fourth-order valence-electron chi connectivity index (χ4n) is 3.15. The number of carbonyl (C=O) groups is 2. The van der Waals surface area contributed by atoms with E-state index in [1.54, 1.807) is 36.9 Å². The summed E-state index contributed by atoms with van der Waals surface area (Å²) >= 11 is 1.36. The number of nitrogens with zero attached hydrogens (tertiary/aromatic N) is 1. The van der Waals surface area contributed by atoms with Gasteiger partial charge in [-0.3, -0.25) is 9.59 Å². The molecule has 0 saturated carbocycles. The van der Waals surface area contributed by atoms with Gasteiger partial charge in [-0.05, 0) is 62.4 Å². The van der Waals surface area contributed by atoms with E-state index < -0.39 is 16.1 Å². The summed E-state index contributed by atoms with van der Waals surface area (Å²) in [7, 11) is -3.58. The van der Waals surface area contributed by atoms with Crippen molar-refractivity contribution >= 4 is 38.9 Å². The number of sulfonamides is 1. The number of hydrogen-bond donors (Lipinski definition) is 2. The third-order valence-electron chi connectivity index (χ3n) is 4.37. The fraction of sp³-hybridized carbons (Fsp3) is 0.368. The van der Waals surface area contributed by atoms with Gasteiger partial charge in [0.25, 0.3) is 5.91 Å². The van der Waals surface area contributed by atoms with Crippen LogP contribution in [0.4, 0.5) is 5.69 Å². The summed E-state index contributed by atoms with van der Waals surface area (Å²) in [5, 5.41) is 4.62. The van der Waals surface area contributed by atoms with E-state index in [0.717, 1.165) is 6.42 Å². The van der Waals surface area contributed by atoms with Crippen LogP contribution in [0.15, 0.2) is 46.7 Å². The van der Waals surface area contributed by atoms with Crippen LogP contribution in [-0.2, 0) is 14.8 Å². The molecular weight excluding hydrogens is 398 g/mol. The molecule has 7 nitrogen and oxygen atoms in total. The Labute approximate surface area is 168 Å². The summed E-state index contributed by atoms with van der Waals surface area (Å²) in [5.41, 5.74) is 0.490. The van der Waals surface area contributed by atoms with Crippen molar-refractivity contribution in [2.24, 2.45) is 0 Å². The molecule has 2 N–H and O–H groups in total. The fourth-order valence-corrected chi connectivity index (χ4v) is 5.08. The molecule has 0 spiro atoms. The predicted octanol–water partition coefficient (Wildman–Crippen LogP) is 2.68. The minimum absolute atomic E-state index is 0.131. The van der Waals surface area contributed by atoms with E-state index in [-0.39, 0.29) is 22.8 Å². The van der Waals surface area contributed by atoms with Crippen LogP contribution in [-0.4, -0.2) is 43.8 Å². The van der Waals surface area contributed by atoms with Gasteiger partial charge in [0.1, 0.15) is 6.04 Å². The van der Waals surface area contributed by atoms with Crippen molar-refractivity contribution in [3.8, 4) is 0 Å². The van der Waals surface area contributed by atoms with E-state index in [0.29, 0.717) is 23.5 Å². The molecule has 0 aliphatic carbocycles. The molecule has 1 fully saturated rings. The third-order valence-corrected chi connectivity index (χ3v) is 6.90. The van der Waals surface area contributed by atoms with Crippen LogP contribution in [0, 0.1) is 0 Å². The molecule has 28 heavy (non-hydrogen) atoms. The number of anilines is 1. The molecule has 150 valence electrons. The quantitative estimate of drug-likeness (QED) is 0.750. The highest BCUT2D eigenvalue weighted by Gasteiger charge is 2.34. The first-order chi connectivity index (χ1) is 13.3. The molecule has 1 aromatic carbocycles. The second-order valence-electron chi connectivity index (χ2n) is 6.92. The van der Waals surface area contributed by atoms with Gasteiger partial charge >= 0.3 is 0 Å². The number of benzene rings is 1. The average molecular weight is 422 g/mol. The lowest BCUT2D eigenvalue weighted by atomic mass is 10.2. The average Bonchev–Trinajstić information content (AvgIpc) is 3.32. The van der Waals surface area contributed by atoms with Gasteiger partial charge in [-0.1, -0.05) is 6.07 Å². The molecule has 9 heteroatoms. The summed E-state index contributed by atoms with van der Waals surface area (Å²) in [6.07, 6.45) is 1.38. The largest absolute Gasteiger partial charge is 0.326 e. The first-order valence-electron chi connectivity index (χ1n) is 9.05. The molecule has 1 unspecified atom stereocenters. The van der Waals surface area contributed by atoms with Crippen molar-refractivity contribution in [1.29, 1.82) is 0 Å². The van der Waals surface area contributed by atoms with E-state index >= 15 is 0 Å². The Morgan fingerprint density at radius 1 is 1.18 bits per heavy atom. The molecular formula is C19H23N3O4S2. The molecule has 2 heterocycles. The molecule has 1 aliphatic heterocycles. The third kappa shape index (κ3) is 4.60. The Morgan fingerprint density at radius 2 is 1.89 bits per heavy atom. The van der Waals surface area contributed by atoms with Gasteiger partial charge in [0.2, 0.25) is 15.9 Å². The van der Waals surface area contributed by atoms with Gasteiger partial charge in [-0.15, -0.1) is 11.3 Å². The maximum Gasteiger partial charge on any atom is 0.264 e. The Morgan fingerprint density at radius 3 is 2.50 bits per heavy atom. The maximum absolute atomic E-state index is 12.7. The highest BCUT2D eigenvalue weighted by atomic mass is 32.2. The zero-order chi connectivity index (χ0) is 20.3. The van der Waals surface area contributed by atoms with Crippen molar-refractivity contribution in [3.63, 3.8) is 0 Å². The molecule has 1 atom stereocenters. The van der Waals surface area contributed by atoms with E-state index in [1.807, 2.05) is 11.4 Å². The Bertz CT molecular complexity index is 938. The topological polar surface area (TPSA) is 95.6 Å². The van der Waals surface area contributed by atoms with Crippen LogP contribution in [0.2, 0.25) is 0 Å². The summed E-state index contributed by atoms with van der Waals surface area (Å²) in [4.78, 5) is 27.7. The first-order valence-corrected chi connectivity index (χ1v) is 11.4. The number of likely N-dealkylation sites (tertiary alicyclic amines) is 1. The Kier molecular flexibility index (Phi) is 6.17. The van der Waals surface area contributed by atoms with Crippen LogP contribution in [0.25, 0.3) is 0 Å². The number of nitrogens with one attached hydrogen (secondary N) is 2. The summed E-state index contributed by atoms with van der Waals surface area (Å²) < 4.78 is 26.9. The lowest BCUT2D eigenvalue weighted by Gasteiger charge is -2.23. The highest BCUT2D eigenvalue weighted by Crippen LogP contribution is 2.24.